The summed E-state index contributed by atoms with van der Waals surface area (Å²) < 4.78 is 0. The molecule has 1 aromatic rings. The van der Waals surface area contributed by atoms with Crippen LogP contribution < -0.4 is 10.6 Å². The summed E-state index contributed by atoms with van der Waals surface area (Å²) >= 11 is 0. The van der Waals surface area contributed by atoms with E-state index in [0.717, 1.165) is 43.8 Å². The summed E-state index contributed by atoms with van der Waals surface area (Å²) in [6, 6.07) is 6.79. The van der Waals surface area contributed by atoms with Crippen molar-refractivity contribution in [1.82, 2.24) is 20.5 Å². The van der Waals surface area contributed by atoms with Gasteiger partial charge >= 0.3 is 0 Å². The first kappa shape index (κ1) is 20.2. The Kier molecular flexibility index (Phi) is 10.2. The predicted molar refractivity (Wildman–Crippen MR) is 108 cm³/mol. The highest BCUT2D eigenvalue weighted by Crippen LogP contribution is 2.21. The molecule has 0 saturated heterocycles. The summed E-state index contributed by atoms with van der Waals surface area (Å²) in [6.45, 7) is 2.83. The molecule has 1 saturated carbocycles. The topological polar surface area (TPSA) is 52.6 Å². The molecule has 1 aromatic heterocycles. The highest BCUT2D eigenvalue weighted by Gasteiger charge is 2.18. The molecular formula is C17H30IN5. The van der Waals surface area contributed by atoms with E-state index < -0.39 is 0 Å². The van der Waals surface area contributed by atoms with Crippen LogP contribution in [-0.2, 0) is 6.42 Å². The van der Waals surface area contributed by atoms with E-state index in [2.05, 4.69) is 38.6 Å². The van der Waals surface area contributed by atoms with Crippen molar-refractivity contribution in [1.29, 1.82) is 0 Å². The molecule has 2 N–H and O–H groups in total. The zero-order valence-electron chi connectivity index (χ0n) is 14.3. The highest BCUT2D eigenvalue weighted by molar-refractivity contribution is 14.0. The van der Waals surface area contributed by atoms with Crippen LogP contribution in [0.5, 0.6) is 0 Å². The van der Waals surface area contributed by atoms with Gasteiger partial charge in [-0.3, -0.25) is 9.98 Å². The van der Waals surface area contributed by atoms with Crippen molar-refractivity contribution in [2.45, 2.75) is 38.1 Å². The lowest BCUT2D eigenvalue weighted by molar-refractivity contribution is 0.249. The number of nitrogens with zero attached hydrogens (tertiary/aromatic N) is 3. The zero-order valence-corrected chi connectivity index (χ0v) is 16.6. The Bertz CT molecular complexity index is 446. The fourth-order valence-corrected chi connectivity index (χ4v) is 2.95. The number of guanidine groups is 1. The van der Waals surface area contributed by atoms with Crippen LogP contribution in [0.1, 0.15) is 31.4 Å². The van der Waals surface area contributed by atoms with Gasteiger partial charge in [-0.1, -0.05) is 18.9 Å². The maximum atomic E-state index is 4.32. The second kappa shape index (κ2) is 11.6. The SMILES string of the molecule is CN=C(NCCc1ccccn1)NCCN(C)C1CCCC1.I. The van der Waals surface area contributed by atoms with Gasteiger partial charge in [0.25, 0.3) is 0 Å². The number of pyridine rings is 1. The molecular weight excluding hydrogens is 401 g/mol. The van der Waals surface area contributed by atoms with Gasteiger partial charge in [0.2, 0.25) is 0 Å². The summed E-state index contributed by atoms with van der Waals surface area (Å²) in [7, 11) is 4.05. The normalized spacial score (nSPS) is 15.5. The van der Waals surface area contributed by atoms with E-state index in [1.165, 1.54) is 25.7 Å². The molecule has 0 spiro atoms. The molecule has 1 aliphatic carbocycles. The van der Waals surface area contributed by atoms with Crippen molar-refractivity contribution in [2.75, 3.05) is 33.7 Å². The second-order valence-electron chi connectivity index (χ2n) is 5.92. The standard InChI is InChI=1S/C17H29N5.HI/c1-18-17(20-12-10-15-7-5-6-11-19-15)21-13-14-22(2)16-8-3-4-9-16;/h5-7,11,16H,3-4,8-10,12-14H2,1-2H3,(H2,18,20,21);1H. The Labute approximate surface area is 157 Å². The third kappa shape index (κ3) is 7.48. The average molecular weight is 431 g/mol. The minimum atomic E-state index is 0. The van der Waals surface area contributed by atoms with Crippen molar-refractivity contribution in [3.05, 3.63) is 30.1 Å². The number of nitrogens with one attached hydrogen (secondary N) is 2. The van der Waals surface area contributed by atoms with E-state index in [4.69, 9.17) is 0 Å². The van der Waals surface area contributed by atoms with Gasteiger partial charge in [0.15, 0.2) is 5.96 Å². The number of likely N-dealkylation sites (N-methyl/N-ethyl adjacent to an activating group) is 1. The maximum Gasteiger partial charge on any atom is 0.191 e. The molecule has 0 aliphatic heterocycles. The number of aliphatic imine (C=N–C) groups is 1. The van der Waals surface area contributed by atoms with Crippen molar-refractivity contribution >= 4 is 29.9 Å². The molecule has 2 rings (SSSR count). The highest BCUT2D eigenvalue weighted by atomic mass is 127. The minimum Gasteiger partial charge on any atom is -0.356 e. The Morgan fingerprint density at radius 2 is 2.00 bits per heavy atom. The average Bonchev–Trinajstić information content (AvgIpc) is 3.09. The van der Waals surface area contributed by atoms with Gasteiger partial charge in [-0.25, -0.2) is 0 Å². The number of hydrogen-bond acceptors (Lipinski definition) is 3. The van der Waals surface area contributed by atoms with Gasteiger partial charge < -0.3 is 15.5 Å². The van der Waals surface area contributed by atoms with Crippen molar-refractivity contribution < 1.29 is 0 Å². The van der Waals surface area contributed by atoms with Crippen molar-refractivity contribution in [3.63, 3.8) is 0 Å². The van der Waals surface area contributed by atoms with E-state index >= 15 is 0 Å². The van der Waals surface area contributed by atoms with Gasteiger partial charge in [-0.2, -0.15) is 0 Å². The van der Waals surface area contributed by atoms with E-state index in [1.807, 2.05) is 25.4 Å². The van der Waals surface area contributed by atoms with Gasteiger partial charge in [0.1, 0.15) is 0 Å². The first-order chi connectivity index (χ1) is 10.8. The van der Waals surface area contributed by atoms with Gasteiger partial charge in [-0.05, 0) is 32.0 Å². The van der Waals surface area contributed by atoms with Crippen LogP contribution in [0.4, 0.5) is 0 Å². The summed E-state index contributed by atoms with van der Waals surface area (Å²) in [5.41, 5.74) is 1.10. The molecule has 0 atom stereocenters. The van der Waals surface area contributed by atoms with E-state index in [9.17, 15) is 0 Å². The minimum absolute atomic E-state index is 0. The third-order valence-electron chi connectivity index (χ3n) is 4.33. The molecule has 130 valence electrons. The summed E-state index contributed by atoms with van der Waals surface area (Å²) in [6.07, 6.45) is 8.23. The van der Waals surface area contributed by atoms with Gasteiger partial charge in [-0.15, -0.1) is 24.0 Å². The Morgan fingerprint density at radius 3 is 2.65 bits per heavy atom. The smallest absolute Gasteiger partial charge is 0.191 e. The maximum absolute atomic E-state index is 4.32. The largest absolute Gasteiger partial charge is 0.356 e. The second-order valence-corrected chi connectivity index (χ2v) is 5.92. The first-order valence-electron chi connectivity index (χ1n) is 8.34. The molecule has 1 fully saturated rings. The number of hydrogen-bond donors (Lipinski definition) is 2. The van der Waals surface area contributed by atoms with Crippen LogP contribution in [0, 0.1) is 0 Å². The monoisotopic (exact) mass is 431 g/mol. The fraction of sp³-hybridized carbons (Fsp3) is 0.647. The van der Waals surface area contributed by atoms with Crippen LogP contribution in [0.3, 0.4) is 0 Å². The number of aromatic nitrogens is 1. The number of rotatable bonds is 7. The molecule has 5 nitrogen and oxygen atoms in total. The molecule has 1 heterocycles. The molecule has 0 bridgehead atoms. The lowest BCUT2D eigenvalue weighted by atomic mass is 10.2. The van der Waals surface area contributed by atoms with Crippen LogP contribution in [-0.4, -0.2) is 55.6 Å². The predicted octanol–water partition coefficient (Wildman–Crippen LogP) is 2.28. The van der Waals surface area contributed by atoms with Gasteiger partial charge in [0, 0.05) is 51.0 Å². The molecule has 0 radical (unpaired) electrons. The van der Waals surface area contributed by atoms with Crippen molar-refractivity contribution in [3.8, 4) is 0 Å². The summed E-state index contributed by atoms with van der Waals surface area (Å²) in [5, 5.41) is 6.73. The third-order valence-corrected chi connectivity index (χ3v) is 4.33. The zero-order chi connectivity index (χ0) is 15.6. The summed E-state index contributed by atoms with van der Waals surface area (Å²) in [4.78, 5) is 11.1. The molecule has 0 amide bonds. The lowest BCUT2D eigenvalue weighted by Gasteiger charge is -2.24. The van der Waals surface area contributed by atoms with E-state index in [1.54, 1.807) is 0 Å². The van der Waals surface area contributed by atoms with Crippen LogP contribution in [0.15, 0.2) is 29.4 Å². The van der Waals surface area contributed by atoms with Crippen LogP contribution in [0.25, 0.3) is 0 Å². The number of halogens is 1. The Balaban J connectivity index is 0.00000264. The van der Waals surface area contributed by atoms with Crippen LogP contribution >= 0.6 is 24.0 Å². The lowest BCUT2D eigenvalue weighted by Crippen LogP contribution is -2.43. The van der Waals surface area contributed by atoms with E-state index in [0.29, 0.717) is 0 Å². The molecule has 6 heteroatoms. The van der Waals surface area contributed by atoms with Gasteiger partial charge in [0.05, 0.1) is 0 Å². The molecule has 1 aliphatic rings. The van der Waals surface area contributed by atoms with Crippen LogP contribution in [0.2, 0.25) is 0 Å². The first-order valence-corrected chi connectivity index (χ1v) is 8.34. The molecule has 0 unspecified atom stereocenters. The Morgan fingerprint density at radius 1 is 1.26 bits per heavy atom. The summed E-state index contributed by atoms with van der Waals surface area (Å²) in [5.74, 6) is 0.871. The van der Waals surface area contributed by atoms with E-state index in [-0.39, 0.29) is 24.0 Å². The molecule has 0 aromatic carbocycles. The fourth-order valence-electron chi connectivity index (χ4n) is 2.95. The van der Waals surface area contributed by atoms with Crippen molar-refractivity contribution in [2.24, 2.45) is 4.99 Å². The molecule has 23 heavy (non-hydrogen) atoms. The quantitative estimate of drug-likeness (QED) is 0.395. The Hall–Kier alpha value is -0.890.